The summed E-state index contributed by atoms with van der Waals surface area (Å²) in [5, 5.41) is 0. The third kappa shape index (κ3) is 4.77. The number of ether oxygens (including phenoxy) is 1. The highest BCUT2D eigenvalue weighted by Gasteiger charge is 2.12. The minimum atomic E-state index is -4.15. The van der Waals surface area contributed by atoms with E-state index in [2.05, 4.69) is 0 Å². The molecule has 0 saturated heterocycles. The molecule has 0 aliphatic rings. The van der Waals surface area contributed by atoms with Gasteiger partial charge in [-0.05, 0) is 30.2 Å². The van der Waals surface area contributed by atoms with Crippen LogP contribution in [0.5, 0.6) is 5.75 Å². The molecule has 21 heavy (non-hydrogen) atoms. The molecule has 0 saturated carbocycles. The van der Waals surface area contributed by atoms with Gasteiger partial charge in [-0.1, -0.05) is 42.0 Å². The Kier molecular flexibility index (Phi) is 4.50. The highest BCUT2D eigenvalue weighted by atomic mass is 35.7. The normalized spacial score (nSPS) is 11.0. The molecule has 0 atom stereocenters. The van der Waals surface area contributed by atoms with Crippen LogP contribution in [0.15, 0.2) is 48.5 Å². The molecular formula is C14H12ClNO4S. The van der Waals surface area contributed by atoms with Gasteiger partial charge in [0.25, 0.3) is 0 Å². The number of nitrogens with one attached hydrogen (secondary N) is 1. The molecule has 1 N–H and O–H groups in total. The van der Waals surface area contributed by atoms with Crippen molar-refractivity contribution in [1.29, 1.82) is 0 Å². The minimum Gasteiger partial charge on any atom is -0.410 e. The van der Waals surface area contributed by atoms with Gasteiger partial charge in [-0.15, -0.1) is 0 Å². The molecule has 7 heteroatoms. The van der Waals surface area contributed by atoms with Crippen molar-refractivity contribution < 1.29 is 17.9 Å². The zero-order valence-electron chi connectivity index (χ0n) is 11.0. The van der Waals surface area contributed by atoms with E-state index in [1.54, 1.807) is 24.3 Å². The van der Waals surface area contributed by atoms with Gasteiger partial charge in [-0.25, -0.2) is 9.52 Å². The van der Waals surface area contributed by atoms with Crippen molar-refractivity contribution in [2.75, 3.05) is 0 Å². The summed E-state index contributed by atoms with van der Waals surface area (Å²) in [5.41, 5.74) is 3.14. The zero-order chi connectivity index (χ0) is 15.5. The molecule has 2 aromatic rings. The third-order valence-corrected chi connectivity index (χ3v) is 3.30. The van der Waals surface area contributed by atoms with E-state index in [-0.39, 0.29) is 5.75 Å². The molecule has 0 aliphatic carbocycles. The molecule has 0 fully saturated rings. The first-order valence-corrected chi connectivity index (χ1v) is 8.26. The van der Waals surface area contributed by atoms with Gasteiger partial charge < -0.3 is 4.74 Å². The van der Waals surface area contributed by atoms with Crippen LogP contribution in [0.1, 0.15) is 5.56 Å². The lowest BCUT2D eigenvalue weighted by Crippen LogP contribution is -2.29. The molecule has 110 valence electrons. The Hall–Kier alpha value is -2.05. The fourth-order valence-electron chi connectivity index (χ4n) is 1.69. The number of halogens is 1. The van der Waals surface area contributed by atoms with Crippen molar-refractivity contribution >= 4 is 26.0 Å². The summed E-state index contributed by atoms with van der Waals surface area (Å²) in [6, 6.07) is 14.6. The number of aryl methyl sites for hydroxylation is 1. The molecule has 2 aromatic carbocycles. The molecule has 0 unspecified atom stereocenters. The SMILES string of the molecule is Cc1ccc(-c2ccc(OC(=O)NS(=O)(=O)Cl)cc2)cc1. The summed E-state index contributed by atoms with van der Waals surface area (Å²) in [4.78, 5) is 11.2. The Morgan fingerprint density at radius 2 is 1.48 bits per heavy atom. The summed E-state index contributed by atoms with van der Waals surface area (Å²) in [7, 11) is 0.722. The monoisotopic (exact) mass is 325 g/mol. The second-order valence-electron chi connectivity index (χ2n) is 4.32. The predicted molar refractivity (Wildman–Crippen MR) is 80.5 cm³/mol. The predicted octanol–water partition coefficient (Wildman–Crippen LogP) is 3.23. The quantitative estimate of drug-likeness (QED) is 0.879. The maximum atomic E-state index is 11.2. The molecule has 0 bridgehead atoms. The van der Waals surface area contributed by atoms with Crippen molar-refractivity contribution in [2.45, 2.75) is 6.92 Å². The van der Waals surface area contributed by atoms with Gasteiger partial charge in [0, 0.05) is 10.7 Å². The molecule has 0 heterocycles. The topological polar surface area (TPSA) is 72.5 Å². The van der Waals surface area contributed by atoms with Crippen LogP contribution in [0.4, 0.5) is 4.79 Å². The number of hydrogen-bond donors (Lipinski definition) is 1. The molecule has 5 nitrogen and oxygen atoms in total. The van der Waals surface area contributed by atoms with E-state index in [0.29, 0.717) is 0 Å². The Bertz CT molecular complexity index is 740. The lowest BCUT2D eigenvalue weighted by molar-refractivity contribution is 0.207. The Morgan fingerprint density at radius 3 is 1.95 bits per heavy atom. The highest BCUT2D eigenvalue weighted by molar-refractivity contribution is 8.12. The minimum absolute atomic E-state index is 0.212. The Labute approximate surface area is 127 Å². The first kappa shape index (κ1) is 15.3. The number of amides is 1. The molecular weight excluding hydrogens is 314 g/mol. The lowest BCUT2D eigenvalue weighted by Gasteiger charge is -2.06. The maximum absolute atomic E-state index is 11.2. The van der Waals surface area contributed by atoms with Crippen LogP contribution >= 0.6 is 10.7 Å². The van der Waals surface area contributed by atoms with Crippen LogP contribution in [0, 0.1) is 6.92 Å². The Morgan fingerprint density at radius 1 is 1.00 bits per heavy atom. The summed E-state index contributed by atoms with van der Waals surface area (Å²) in [5.74, 6) is 0.212. The van der Waals surface area contributed by atoms with Gasteiger partial charge in [0.05, 0.1) is 0 Å². The van der Waals surface area contributed by atoms with Crippen molar-refractivity contribution in [3.8, 4) is 16.9 Å². The van der Waals surface area contributed by atoms with Gasteiger partial charge in [-0.2, -0.15) is 8.42 Å². The average molecular weight is 326 g/mol. The van der Waals surface area contributed by atoms with Crippen LogP contribution in [0.2, 0.25) is 0 Å². The van der Waals surface area contributed by atoms with E-state index < -0.39 is 15.3 Å². The number of hydrogen-bond acceptors (Lipinski definition) is 4. The number of benzene rings is 2. The third-order valence-electron chi connectivity index (χ3n) is 2.66. The zero-order valence-corrected chi connectivity index (χ0v) is 12.6. The van der Waals surface area contributed by atoms with Crippen molar-refractivity contribution in [3.63, 3.8) is 0 Å². The van der Waals surface area contributed by atoms with Crippen LogP contribution in [0.3, 0.4) is 0 Å². The van der Waals surface area contributed by atoms with Crippen LogP contribution in [-0.4, -0.2) is 14.5 Å². The second-order valence-corrected chi connectivity index (χ2v) is 6.62. The smallest absolute Gasteiger partial charge is 0.410 e. The summed E-state index contributed by atoms with van der Waals surface area (Å²) < 4.78 is 27.6. The molecule has 0 aromatic heterocycles. The van der Waals surface area contributed by atoms with Gasteiger partial charge in [0.2, 0.25) is 0 Å². The van der Waals surface area contributed by atoms with E-state index in [4.69, 9.17) is 15.4 Å². The van der Waals surface area contributed by atoms with E-state index >= 15 is 0 Å². The molecule has 2 rings (SSSR count). The molecule has 0 radical (unpaired) electrons. The number of carbonyl (C=O) groups excluding carboxylic acids is 1. The fourth-order valence-corrected chi connectivity index (χ4v) is 2.12. The average Bonchev–Trinajstić information content (AvgIpc) is 2.38. The fraction of sp³-hybridized carbons (Fsp3) is 0.0714. The summed E-state index contributed by atoms with van der Waals surface area (Å²) >= 11 is 0. The first-order chi connectivity index (χ1) is 9.83. The van der Waals surface area contributed by atoms with Gasteiger partial charge in [-0.3, -0.25) is 0 Å². The van der Waals surface area contributed by atoms with Crippen molar-refractivity contribution in [1.82, 2.24) is 4.72 Å². The summed E-state index contributed by atoms with van der Waals surface area (Å²) in [6.45, 7) is 2.00. The Balaban J connectivity index is 2.09. The second kappa shape index (κ2) is 6.15. The van der Waals surface area contributed by atoms with E-state index in [1.165, 1.54) is 4.72 Å². The molecule has 0 spiro atoms. The van der Waals surface area contributed by atoms with E-state index in [0.717, 1.165) is 16.7 Å². The largest absolute Gasteiger partial charge is 0.427 e. The van der Waals surface area contributed by atoms with Crippen LogP contribution < -0.4 is 9.46 Å². The maximum Gasteiger partial charge on any atom is 0.427 e. The van der Waals surface area contributed by atoms with Gasteiger partial charge in [0.1, 0.15) is 5.75 Å². The van der Waals surface area contributed by atoms with Crippen LogP contribution in [-0.2, 0) is 9.24 Å². The first-order valence-electron chi connectivity index (χ1n) is 5.95. The van der Waals surface area contributed by atoms with Gasteiger partial charge >= 0.3 is 15.3 Å². The standard InChI is InChI=1S/C14H12ClNO4S/c1-10-2-4-11(5-3-10)12-6-8-13(9-7-12)20-14(17)16-21(15,18)19/h2-9H,1H3,(H,16,17). The molecule has 0 aliphatic heterocycles. The summed E-state index contributed by atoms with van der Waals surface area (Å²) in [6.07, 6.45) is -1.16. The van der Waals surface area contributed by atoms with Gasteiger partial charge in [0.15, 0.2) is 0 Å². The van der Waals surface area contributed by atoms with Crippen molar-refractivity contribution in [2.24, 2.45) is 0 Å². The highest BCUT2D eigenvalue weighted by Crippen LogP contribution is 2.22. The number of carbonyl (C=O) groups is 1. The van der Waals surface area contributed by atoms with Crippen LogP contribution in [0.25, 0.3) is 11.1 Å². The number of rotatable bonds is 3. The van der Waals surface area contributed by atoms with Crippen molar-refractivity contribution in [3.05, 3.63) is 54.1 Å². The lowest BCUT2D eigenvalue weighted by atomic mass is 10.0. The van der Waals surface area contributed by atoms with E-state index in [1.807, 2.05) is 31.2 Å². The van der Waals surface area contributed by atoms with E-state index in [9.17, 15) is 13.2 Å². The molecule has 1 amide bonds.